The highest BCUT2D eigenvalue weighted by Crippen LogP contribution is 2.29. The predicted octanol–water partition coefficient (Wildman–Crippen LogP) is 3.19. The van der Waals surface area contributed by atoms with E-state index >= 15 is 0 Å². The first-order valence-electron chi connectivity index (χ1n) is 6.62. The Morgan fingerprint density at radius 3 is 2.95 bits per heavy atom. The number of nitro benzene ring substituents is 1. The smallest absolute Gasteiger partial charge is 0.270 e. The van der Waals surface area contributed by atoms with Gasteiger partial charge < -0.3 is 4.90 Å². The van der Waals surface area contributed by atoms with E-state index in [1.54, 1.807) is 6.07 Å². The van der Waals surface area contributed by atoms with Gasteiger partial charge in [-0.05, 0) is 25.2 Å². The van der Waals surface area contributed by atoms with E-state index in [0.29, 0.717) is 10.8 Å². The molecule has 1 fully saturated rings. The highest BCUT2D eigenvalue weighted by Gasteiger charge is 2.21. The van der Waals surface area contributed by atoms with Crippen LogP contribution in [0.15, 0.2) is 18.2 Å². The van der Waals surface area contributed by atoms with Crippen LogP contribution in [-0.2, 0) is 0 Å². The Kier molecular flexibility index (Phi) is 4.85. The molecule has 1 aliphatic heterocycles. The summed E-state index contributed by atoms with van der Waals surface area (Å²) < 4.78 is 0. The van der Waals surface area contributed by atoms with Gasteiger partial charge in [-0.1, -0.05) is 6.42 Å². The van der Waals surface area contributed by atoms with Gasteiger partial charge in [0.1, 0.15) is 6.07 Å². The van der Waals surface area contributed by atoms with Crippen LogP contribution in [0.1, 0.15) is 24.8 Å². The lowest BCUT2D eigenvalue weighted by atomic mass is 10.1. The standard InChI is InChI=1S/C14H17N3O2S/c1-20-13-4-2-3-7-16(10-13)14-6-5-12(17(18)19)8-11(14)9-15/h5-6,8,13H,2-4,7,10H2,1H3. The lowest BCUT2D eigenvalue weighted by molar-refractivity contribution is -0.384. The van der Waals surface area contributed by atoms with Gasteiger partial charge in [0.15, 0.2) is 0 Å². The lowest BCUT2D eigenvalue weighted by Crippen LogP contribution is -2.30. The third-order valence-electron chi connectivity index (χ3n) is 3.61. The molecule has 106 valence electrons. The number of nitro groups is 1. The predicted molar refractivity (Wildman–Crippen MR) is 81.2 cm³/mol. The summed E-state index contributed by atoms with van der Waals surface area (Å²) in [6, 6.07) is 6.65. The molecule has 0 N–H and O–H groups in total. The molecule has 1 aromatic rings. The summed E-state index contributed by atoms with van der Waals surface area (Å²) in [5.41, 5.74) is 1.18. The average Bonchev–Trinajstić information content (AvgIpc) is 2.71. The molecule has 1 unspecified atom stereocenters. The van der Waals surface area contributed by atoms with Crippen LogP contribution in [0.25, 0.3) is 0 Å². The molecule has 6 heteroatoms. The normalized spacial score (nSPS) is 19.2. The first kappa shape index (κ1) is 14.7. The minimum absolute atomic E-state index is 0.0264. The van der Waals surface area contributed by atoms with Crippen molar-refractivity contribution >= 4 is 23.1 Å². The maximum atomic E-state index is 10.8. The third-order valence-corrected chi connectivity index (χ3v) is 4.67. The SMILES string of the molecule is CSC1CCCCN(c2ccc([N+](=O)[O-])cc2C#N)C1. The average molecular weight is 291 g/mol. The quantitative estimate of drug-likeness (QED) is 0.632. The summed E-state index contributed by atoms with van der Waals surface area (Å²) in [5.74, 6) is 0. The van der Waals surface area contributed by atoms with Crippen molar-refractivity contribution < 1.29 is 4.92 Å². The number of non-ortho nitro benzene ring substituents is 1. The van der Waals surface area contributed by atoms with Crippen molar-refractivity contribution in [2.75, 3.05) is 24.2 Å². The zero-order valence-corrected chi connectivity index (χ0v) is 12.2. The van der Waals surface area contributed by atoms with Gasteiger partial charge in [-0.15, -0.1) is 0 Å². The van der Waals surface area contributed by atoms with Crippen molar-refractivity contribution in [3.63, 3.8) is 0 Å². The van der Waals surface area contributed by atoms with Gasteiger partial charge in [-0.25, -0.2) is 0 Å². The van der Waals surface area contributed by atoms with E-state index in [1.807, 2.05) is 11.8 Å². The minimum Gasteiger partial charge on any atom is -0.369 e. The maximum Gasteiger partial charge on any atom is 0.270 e. The molecule has 1 aliphatic rings. The molecule has 2 rings (SSSR count). The van der Waals surface area contributed by atoms with Crippen molar-refractivity contribution in [2.45, 2.75) is 24.5 Å². The van der Waals surface area contributed by atoms with E-state index in [2.05, 4.69) is 17.2 Å². The second kappa shape index (κ2) is 6.62. The number of hydrogen-bond donors (Lipinski definition) is 0. The van der Waals surface area contributed by atoms with E-state index in [-0.39, 0.29) is 5.69 Å². The van der Waals surface area contributed by atoms with Crippen molar-refractivity contribution in [2.24, 2.45) is 0 Å². The molecule has 20 heavy (non-hydrogen) atoms. The number of rotatable bonds is 3. The molecule has 5 nitrogen and oxygen atoms in total. The molecular formula is C14H17N3O2S. The van der Waals surface area contributed by atoms with Gasteiger partial charge in [-0.3, -0.25) is 10.1 Å². The van der Waals surface area contributed by atoms with Crippen LogP contribution in [-0.4, -0.2) is 29.5 Å². The summed E-state index contributed by atoms with van der Waals surface area (Å²) in [4.78, 5) is 12.5. The van der Waals surface area contributed by atoms with Crippen LogP contribution in [0.5, 0.6) is 0 Å². The molecule has 1 aromatic carbocycles. The van der Waals surface area contributed by atoms with Gasteiger partial charge in [0.2, 0.25) is 0 Å². The summed E-state index contributed by atoms with van der Waals surface area (Å²) in [6.45, 7) is 1.80. The Labute approximate surface area is 122 Å². The van der Waals surface area contributed by atoms with Crippen molar-refractivity contribution in [3.05, 3.63) is 33.9 Å². The van der Waals surface area contributed by atoms with Crippen LogP contribution in [0.3, 0.4) is 0 Å². The van der Waals surface area contributed by atoms with Crippen LogP contribution in [0.4, 0.5) is 11.4 Å². The van der Waals surface area contributed by atoms with Gasteiger partial charge in [0.05, 0.1) is 16.2 Å². The zero-order chi connectivity index (χ0) is 14.5. The molecule has 0 radical (unpaired) electrons. The molecule has 0 aromatic heterocycles. The number of benzene rings is 1. The summed E-state index contributed by atoms with van der Waals surface area (Å²) >= 11 is 1.85. The Balaban J connectivity index is 2.31. The molecule has 1 heterocycles. The summed E-state index contributed by atoms with van der Waals surface area (Å²) in [5, 5.41) is 20.6. The minimum atomic E-state index is -0.461. The fraction of sp³-hybridized carbons (Fsp3) is 0.500. The van der Waals surface area contributed by atoms with E-state index in [4.69, 9.17) is 0 Å². The zero-order valence-electron chi connectivity index (χ0n) is 11.4. The maximum absolute atomic E-state index is 10.8. The Bertz CT molecular complexity index is 542. The van der Waals surface area contributed by atoms with Crippen molar-refractivity contribution in [3.8, 4) is 6.07 Å². The summed E-state index contributed by atoms with van der Waals surface area (Å²) in [6.07, 6.45) is 5.58. The topological polar surface area (TPSA) is 70.2 Å². The molecule has 0 spiro atoms. The second-order valence-corrected chi connectivity index (χ2v) is 6.01. The fourth-order valence-electron chi connectivity index (χ4n) is 2.52. The monoisotopic (exact) mass is 291 g/mol. The number of hydrogen-bond acceptors (Lipinski definition) is 5. The lowest BCUT2D eigenvalue weighted by Gasteiger charge is -2.26. The highest BCUT2D eigenvalue weighted by molar-refractivity contribution is 7.99. The first-order valence-corrected chi connectivity index (χ1v) is 7.90. The summed E-state index contributed by atoms with van der Waals surface area (Å²) in [7, 11) is 0. The molecule has 0 aliphatic carbocycles. The number of thioether (sulfide) groups is 1. The van der Waals surface area contributed by atoms with Crippen LogP contribution < -0.4 is 4.90 Å². The molecule has 0 amide bonds. The largest absolute Gasteiger partial charge is 0.369 e. The second-order valence-electron chi connectivity index (χ2n) is 4.87. The Morgan fingerprint density at radius 2 is 2.30 bits per heavy atom. The van der Waals surface area contributed by atoms with Crippen LogP contribution >= 0.6 is 11.8 Å². The van der Waals surface area contributed by atoms with Crippen molar-refractivity contribution in [1.29, 1.82) is 5.26 Å². The first-order chi connectivity index (χ1) is 9.65. The van der Waals surface area contributed by atoms with E-state index < -0.39 is 4.92 Å². The number of nitrogens with zero attached hydrogens (tertiary/aromatic N) is 3. The fourth-order valence-corrected chi connectivity index (χ4v) is 3.25. The molecule has 1 saturated heterocycles. The van der Waals surface area contributed by atoms with Crippen LogP contribution in [0, 0.1) is 21.4 Å². The molecular weight excluding hydrogens is 274 g/mol. The Hall–Kier alpha value is -1.74. The molecule has 1 atom stereocenters. The van der Waals surface area contributed by atoms with Gasteiger partial charge in [0, 0.05) is 30.5 Å². The highest BCUT2D eigenvalue weighted by atomic mass is 32.2. The van der Waals surface area contributed by atoms with E-state index in [9.17, 15) is 15.4 Å². The van der Waals surface area contributed by atoms with E-state index in [1.165, 1.54) is 25.0 Å². The Morgan fingerprint density at radius 1 is 1.50 bits per heavy atom. The van der Waals surface area contributed by atoms with Gasteiger partial charge in [-0.2, -0.15) is 17.0 Å². The van der Waals surface area contributed by atoms with Gasteiger partial charge >= 0.3 is 0 Å². The molecule has 0 bridgehead atoms. The number of nitriles is 1. The number of anilines is 1. The van der Waals surface area contributed by atoms with Crippen LogP contribution in [0.2, 0.25) is 0 Å². The van der Waals surface area contributed by atoms with Crippen molar-refractivity contribution in [1.82, 2.24) is 0 Å². The van der Waals surface area contributed by atoms with E-state index in [0.717, 1.165) is 25.2 Å². The molecule has 0 saturated carbocycles. The van der Waals surface area contributed by atoms with Gasteiger partial charge in [0.25, 0.3) is 5.69 Å². The third kappa shape index (κ3) is 3.23.